The molecule has 84 valence electrons. The SMILES string of the molecule is Cc1cc(N2CCC(N)CC2)ccc1C#N. The molecule has 0 amide bonds. The molecule has 16 heavy (non-hydrogen) atoms. The number of hydrogen-bond donors (Lipinski definition) is 1. The van der Waals surface area contributed by atoms with E-state index in [1.807, 2.05) is 19.1 Å². The summed E-state index contributed by atoms with van der Waals surface area (Å²) in [6, 6.07) is 8.58. The second kappa shape index (κ2) is 4.54. The molecule has 1 aromatic carbocycles. The van der Waals surface area contributed by atoms with Gasteiger partial charge in [0.25, 0.3) is 0 Å². The lowest BCUT2D eigenvalue weighted by atomic mass is 10.0. The summed E-state index contributed by atoms with van der Waals surface area (Å²) in [6.07, 6.45) is 2.11. The first-order chi connectivity index (χ1) is 7.70. The number of hydrogen-bond acceptors (Lipinski definition) is 3. The zero-order valence-electron chi connectivity index (χ0n) is 9.61. The van der Waals surface area contributed by atoms with Crippen LogP contribution in [-0.2, 0) is 0 Å². The molecular formula is C13H17N3. The molecule has 1 fully saturated rings. The Bertz CT molecular complexity index is 412. The first-order valence-electron chi connectivity index (χ1n) is 5.72. The van der Waals surface area contributed by atoms with Crippen molar-refractivity contribution in [2.24, 2.45) is 5.73 Å². The van der Waals surface area contributed by atoms with Crippen molar-refractivity contribution in [3.05, 3.63) is 29.3 Å². The van der Waals surface area contributed by atoms with Crippen molar-refractivity contribution >= 4 is 5.69 Å². The fraction of sp³-hybridized carbons (Fsp3) is 0.462. The van der Waals surface area contributed by atoms with Gasteiger partial charge in [0.15, 0.2) is 0 Å². The Balaban J connectivity index is 2.16. The average Bonchev–Trinajstić information content (AvgIpc) is 2.30. The van der Waals surface area contributed by atoms with E-state index in [-0.39, 0.29) is 0 Å². The summed E-state index contributed by atoms with van der Waals surface area (Å²) in [4.78, 5) is 2.34. The molecule has 1 aliphatic heterocycles. The van der Waals surface area contributed by atoms with E-state index in [1.54, 1.807) is 0 Å². The highest BCUT2D eigenvalue weighted by Crippen LogP contribution is 2.22. The number of benzene rings is 1. The molecule has 0 spiro atoms. The minimum Gasteiger partial charge on any atom is -0.371 e. The summed E-state index contributed by atoms with van der Waals surface area (Å²) in [6.45, 7) is 4.02. The molecule has 2 rings (SSSR count). The maximum atomic E-state index is 8.87. The van der Waals surface area contributed by atoms with Crippen LogP contribution in [0, 0.1) is 18.3 Å². The molecule has 0 saturated carbocycles. The van der Waals surface area contributed by atoms with Gasteiger partial charge in [-0.25, -0.2) is 0 Å². The molecule has 0 unspecified atom stereocenters. The summed E-state index contributed by atoms with van der Waals surface area (Å²) in [5.41, 5.74) is 8.90. The van der Waals surface area contributed by atoms with E-state index < -0.39 is 0 Å². The molecule has 2 N–H and O–H groups in total. The molecule has 1 heterocycles. The number of nitrogens with two attached hydrogens (primary N) is 1. The predicted octanol–water partition coefficient (Wildman–Crippen LogP) is 1.79. The molecule has 0 radical (unpaired) electrons. The van der Waals surface area contributed by atoms with Crippen LogP contribution in [0.2, 0.25) is 0 Å². The van der Waals surface area contributed by atoms with Gasteiger partial charge in [-0.2, -0.15) is 5.26 Å². The Labute approximate surface area is 96.5 Å². The third-order valence-corrected chi connectivity index (χ3v) is 3.24. The van der Waals surface area contributed by atoms with Crippen molar-refractivity contribution in [1.82, 2.24) is 0 Å². The number of nitrogens with zero attached hydrogens (tertiary/aromatic N) is 2. The highest BCUT2D eigenvalue weighted by molar-refractivity contribution is 5.53. The van der Waals surface area contributed by atoms with Crippen molar-refractivity contribution in [3.8, 4) is 6.07 Å². The largest absolute Gasteiger partial charge is 0.371 e. The van der Waals surface area contributed by atoms with Gasteiger partial charge in [0.1, 0.15) is 0 Å². The fourth-order valence-electron chi connectivity index (χ4n) is 2.13. The molecule has 1 aliphatic rings. The topological polar surface area (TPSA) is 53.0 Å². The van der Waals surface area contributed by atoms with Gasteiger partial charge in [-0.3, -0.25) is 0 Å². The smallest absolute Gasteiger partial charge is 0.0994 e. The second-order valence-electron chi connectivity index (χ2n) is 4.44. The number of nitriles is 1. The number of rotatable bonds is 1. The Morgan fingerprint density at radius 1 is 1.38 bits per heavy atom. The molecule has 1 aromatic rings. The van der Waals surface area contributed by atoms with Gasteiger partial charge >= 0.3 is 0 Å². The van der Waals surface area contributed by atoms with E-state index >= 15 is 0 Å². The quantitative estimate of drug-likeness (QED) is 0.777. The summed E-state index contributed by atoms with van der Waals surface area (Å²) < 4.78 is 0. The lowest BCUT2D eigenvalue weighted by Gasteiger charge is -2.32. The van der Waals surface area contributed by atoms with E-state index in [0.29, 0.717) is 6.04 Å². The van der Waals surface area contributed by atoms with E-state index in [2.05, 4.69) is 17.0 Å². The lowest BCUT2D eigenvalue weighted by Crippen LogP contribution is -2.39. The minimum absolute atomic E-state index is 0.357. The van der Waals surface area contributed by atoms with Gasteiger partial charge in [-0.1, -0.05) is 0 Å². The van der Waals surface area contributed by atoms with Gasteiger partial charge in [0.05, 0.1) is 11.6 Å². The maximum absolute atomic E-state index is 8.87. The van der Waals surface area contributed by atoms with Gasteiger partial charge in [-0.15, -0.1) is 0 Å². The van der Waals surface area contributed by atoms with Gasteiger partial charge < -0.3 is 10.6 Å². The Hall–Kier alpha value is -1.53. The summed E-state index contributed by atoms with van der Waals surface area (Å²) in [5.74, 6) is 0. The molecule has 0 aliphatic carbocycles. The van der Waals surface area contributed by atoms with Crippen LogP contribution >= 0.6 is 0 Å². The number of anilines is 1. The first-order valence-corrected chi connectivity index (χ1v) is 5.72. The van der Waals surface area contributed by atoms with Crippen LogP contribution in [0.1, 0.15) is 24.0 Å². The third kappa shape index (κ3) is 2.17. The standard InChI is InChI=1S/C13H17N3/c1-10-8-13(3-2-11(10)9-14)16-6-4-12(15)5-7-16/h2-3,8,12H,4-7,15H2,1H3. The maximum Gasteiger partial charge on any atom is 0.0994 e. The van der Waals surface area contributed by atoms with Crippen molar-refractivity contribution in [2.45, 2.75) is 25.8 Å². The van der Waals surface area contributed by atoms with Crippen LogP contribution < -0.4 is 10.6 Å². The molecule has 0 aromatic heterocycles. The highest BCUT2D eigenvalue weighted by atomic mass is 15.1. The second-order valence-corrected chi connectivity index (χ2v) is 4.44. The molecule has 0 atom stereocenters. The van der Waals surface area contributed by atoms with Crippen molar-refractivity contribution < 1.29 is 0 Å². The van der Waals surface area contributed by atoms with Crippen molar-refractivity contribution in [2.75, 3.05) is 18.0 Å². The van der Waals surface area contributed by atoms with Crippen LogP contribution in [0.15, 0.2) is 18.2 Å². The van der Waals surface area contributed by atoms with Crippen LogP contribution in [0.25, 0.3) is 0 Å². The van der Waals surface area contributed by atoms with Crippen LogP contribution in [0.4, 0.5) is 5.69 Å². The lowest BCUT2D eigenvalue weighted by molar-refractivity contribution is 0.501. The van der Waals surface area contributed by atoms with E-state index in [1.165, 1.54) is 5.69 Å². The Morgan fingerprint density at radius 3 is 2.62 bits per heavy atom. The Morgan fingerprint density at radius 2 is 2.06 bits per heavy atom. The monoisotopic (exact) mass is 215 g/mol. The zero-order valence-corrected chi connectivity index (χ0v) is 9.61. The van der Waals surface area contributed by atoms with Crippen molar-refractivity contribution in [3.63, 3.8) is 0 Å². The fourth-order valence-corrected chi connectivity index (χ4v) is 2.13. The Kier molecular flexibility index (Phi) is 3.12. The number of aryl methyl sites for hydroxylation is 1. The molecule has 3 nitrogen and oxygen atoms in total. The first kappa shape index (κ1) is 11.0. The van der Waals surface area contributed by atoms with E-state index in [4.69, 9.17) is 11.0 Å². The molecular weight excluding hydrogens is 198 g/mol. The summed E-state index contributed by atoms with van der Waals surface area (Å²) in [5, 5.41) is 8.87. The molecule has 3 heteroatoms. The normalized spacial score (nSPS) is 17.2. The summed E-state index contributed by atoms with van der Waals surface area (Å²) >= 11 is 0. The van der Waals surface area contributed by atoms with Crippen LogP contribution in [0.3, 0.4) is 0 Å². The van der Waals surface area contributed by atoms with E-state index in [9.17, 15) is 0 Å². The third-order valence-electron chi connectivity index (χ3n) is 3.24. The molecule has 1 saturated heterocycles. The van der Waals surface area contributed by atoms with Crippen molar-refractivity contribution in [1.29, 1.82) is 5.26 Å². The predicted molar refractivity (Wildman–Crippen MR) is 65.3 cm³/mol. The summed E-state index contributed by atoms with van der Waals surface area (Å²) in [7, 11) is 0. The highest BCUT2D eigenvalue weighted by Gasteiger charge is 2.16. The van der Waals surface area contributed by atoms with Crippen LogP contribution in [-0.4, -0.2) is 19.1 Å². The zero-order chi connectivity index (χ0) is 11.5. The molecule has 0 bridgehead atoms. The minimum atomic E-state index is 0.357. The van der Waals surface area contributed by atoms with E-state index in [0.717, 1.165) is 37.1 Å². The van der Waals surface area contributed by atoms with Gasteiger partial charge in [-0.05, 0) is 43.5 Å². The van der Waals surface area contributed by atoms with Crippen LogP contribution in [0.5, 0.6) is 0 Å². The van der Waals surface area contributed by atoms with Gasteiger partial charge in [0, 0.05) is 24.8 Å². The average molecular weight is 215 g/mol. The van der Waals surface area contributed by atoms with Gasteiger partial charge in [0.2, 0.25) is 0 Å². The number of piperidine rings is 1.